The lowest BCUT2D eigenvalue weighted by Crippen LogP contribution is -2.71. The molecule has 0 aromatic rings. The zero-order chi connectivity index (χ0) is 19.8. The Balaban J connectivity index is 2.34. The molecule has 0 aromatic heterocycles. The first-order chi connectivity index (χ1) is 12.1. The Labute approximate surface area is 147 Å². The van der Waals surface area contributed by atoms with Gasteiger partial charge in [-0.25, -0.2) is 0 Å². The summed E-state index contributed by atoms with van der Waals surface area (Å²) in [5.74, 6) is -0.807. The second kappa shape index (κ2) is 8.26. The monoisotopic (exact) mass is 383 g/mol. The number of guanidine groups is 1. The molecule has 0 spiro atoms. The van der Waals surface area contributed by atoms with Crippen molar-refractivity contribution in [2.45, 2.75) is 61.3 Å². The van der Waals surface area contributed by atoms with Crippen molar-refractivity contribution in [2.24, 2.45) is 5.73 Å². The summed E-state index contributed by atoms with van der Waals surface area (Å²) in [6.45, 7) is -1.47. The molecular formula is C13H25N3O10. The van der Waals surface area contributed by atoms with E-state index in [1.807, 2.05) is 0 Å². The molecule has 0 bridgehead atoms. The van der Waals surface area contributed by atoms with Crippen LogP contribution in [-0.2, 0) is 9.47 Å². The molecule has 152 valence electrons. The molecule has 2 fully saturated rings. The summed E-state index contributed by atoms with van der Waals surface area (Å²) in [4.78, 5) is 0.671. The smallest absolute Gasteiger partial charge is 0.192 e. The summed E-state index contributed by atoms with van der Waals surface area (Å²) in [5.41, 5.74) is 5.47. The predicted molar refractivity (Wildman–Crippen MR) is 81.3 cm³/mol. The van der Waals surface area contributed by atoms with Crippen molar-refractivity contribution in [1.29, 1.82) is 5.41 Å². The standard InChI is InChI=1S/C13H25N3O10/c14-13(15)16(11-9(23)7(21)5(19)3(1-17)25-11)12-10(24)8(22)6(20)4(2-18)26-12/h3-12,17-24H,1-2H2,(H3,14,15)/t3-,4-,5-,6-,7+,8+,9-,10-,11-,12-/m1/s1. The van der Waals surface area contributed by atoms with Crippen LogP contribution in [0.2, 0.25) is 0 Å². The quantitative estimate of drug-likeness (QED) is 0.161. The Morgan fingerprint density at radius 3 is 1.35 bits per heavy atom. The molecule has 0 amide bonds. The van der Waals surface area contributed by atoms with Crippen molar-refractivity contribution < 1.29 is 50.3 Å². The van der Waals surface area contributed by atoms with Crippen LogP contribution in [0.15, 0.2) is 0 Å². The first kappa shape index (κ1) is 21.2. The van der Waals surface area contributed by atoms with E-state index in [1.165, 1.54) is 0 Å². The third-order valence-electron chi connectivity index (χ3n) is 4.56. The van der Waals surface area contributed by atoms with Gasteiger partial charge in [0.1, 0.15) is 48.8 Å². The molecule has 10 atom stereocenters. The zero-order valence-corrected chi connectivity index (χ0v) is 13.6. The number of nitrogens with two attached hydrogens (primary N) is 1. The third kappa shape index (κ3) is 3.63. The summed E-state index contributed by atoms with van der Waals surface area (Å²) in [5, 5.41) is 86.0. The molecule has 0 aliphatic carbocycles. The van der Waals surface area contributed by atoms with E-state index < -0.39 is 80.5 Å². The molecule has 2 aliphatic rings. The molecule has 2 aliphatic heterocycles. The van der Waals surface area contributed by atoms with E-state index in [0.717, 1.165) is 0 Å². The number of aliphatic hydroxyl groups excluding tert-OH is 8. The van der Waals surface area contributed by atoms with E-state index in [1.54, 1.807) is 0 Å². The zero-order valence-electron chi connectivity index (χ0n) is 13.6. The molecule has 0 unspecified atom stereocenters. The number of aliphatic hydroxyl groups is 8. The maximum absolute atomic E-state index is 10.2. The second-order valence-corrected chi connectivity index (χ2v) is 6.23. The van der Waals surface area contributed by atoms with Gasteiger partial charge in [0.05, 0.1) is 13.2 Å². The van der Waals surface area contributed by atoms with Gasteiger partial charge in [0.25, 0.3) is 0 Å². The summed E-state index contributed by atoms with van der Waals surface area (Å²) in [6, 6.07) is 0. The number of rotatable bonds is 4. The van der Waals surface area contributed by atoms with Gasteiger partial charge in [-0.15, -0.1) is 0 Å². The highest BCUT2D eigenvalue weighted by atomic mass is 16.6. The Morgan fingerprint density at radius 2 is 1.08 bits per heavy atom. The fraction of sp³-hybridized carbons (Fsp3) is 0.923. The van der Waals surface area contributed by atoms with Gasteiger partial charge in [-0.1, -0.05) is 0 Å². The lowest BCUT2D eigenvalue weighted by molar-refractivity contribution is -0.308. The van der Waals surface area contributed by atoms with Crippen LogP contribution in [0.1, 0.15) is 0 Å². The number of ether oxygens (including phenoxy) is 2. The van der Waals surface area contributed by atoms with Crippen molar-refractivity contribution in [3.63, 3.8) is 0 Å². The highest BCUT2D eigenvalue weighted by Gasteiger charge is 2.52. The molecule has 2 heterocycles. The fourth-order valence-electron chi connectivity index (χ4n) is 3.04. The second-order valence-electron chi connectivity index (χ2n) is 6.23. The van der Waals surface area contributed by atoms with Crippen molar-refractivity contribution >= 4 is 5.96 Å². The minimum atomic E-state index is -1.83. The van der Waals surface area contributed by atoms with Gasteiger partial charge in [0.2, 0.25) is 0 Å². The van der Waals surface area contributed by atoms with Gasteiger partial charge in [-0.05, 0) is 0 Å². The van der Waals surface area contributed by atoms with Gasteiger partial charge in [0.15, 0.2) is 18.4 Å². The van der Waals surface area contributed by atoms with E-state index in [2.05, 4.69) is 0 Å². The summed E-state index contributed by atoms with van der Waals surface area (Å²) in [7, 11) is 0. The Kier molecular flexibility index (Phi) is 6.73. The van der Waals surface area contributed by atoms with E-state index in [0.29, 0.717) is 4.90 Å². The molecule has 2 rings (SSSR count). The summed E-state index contributed by atoms with van der Waals surface area (Å²) >= 11 is 0. The third-order valence-corrected chi connectivity index (χ3v) is 4.56. The largest absolute Gasteiger partial charge is 0.394 e. The van der Waals surface area contributed by atoms with Crippen molar-refractivity contribution in [3.8, 4) is 0 Å². The average molecular weight is 383 g/mol. The molecule has 26 heavy (non-hydrogen) atoms. The van der Waals surface area contributed by atoms with Crippen LogP contribution in [0, 0.1) is 5.41 Å². The summed E-state index contributed by atoms with van der Waals surface area (Å²) < 4.78 is 10.6. The predicted octanol–water partition coefficient (Wildman–Crippen LogP) is -6.22. The van der Waals surface area contributed by atoms with Gasteiger partial charge >= 0.3 is 0 Å². The maximum atomic E-state index is 10.2. The first-order valence-electron chi connectivity index (χ1n) is 7.89. The number of nitrogens with one attached hydrogen (secondary N) is 1. The van der Waals surface area contributed by atoms with Crippen LogP contribution in [-0.4, -0.2) is 126 Å². The molecule has 13 nitrogen and oxygen atoms in total. The molecule has 0 aromatic carbocycles. The lowest BCUT2D eigenvalue weighted by Gasteiger charge is -2.50. The van der Waals surface area contributed by atoms with Crippen molar-refractivity contribution in [3.05, 3.63) is 0 Å². The van der Waals surface area contributed by atoms with Crippen LogP contribution < -0.4 is 5.73 Å². The number of hydrogen-bond acceptors (Lipinski definition) is 11. The highest BCUT2D eigenvalue weighted by molar-refractivity contribution is 5.75. The SMILES string of the molecule is N=C(N)N([C@@H]1O[C@H](CO)[C@@H](O)[C@H](O)[C@H]1O)[C@@H]1O[C@H](CO)[C@@H](O)[C@H](O)[C@H]1O. The molecule has 13 heteroatoms. The van der Waals surface area contributed by atoms with Gasteiger partial charge < -0.3 is 56.1 Å². The number of nitrogens with zero attached hydrogens (tertiary/aromatic N) is 1. The molecule has 0 radical (unpaired) electrons. The molecular weight excluding hydrogens is 358 g/mol. The lowest BCUT2D eigenvalue weighted by atomic mass is 9.95. The Morgan fingerprint density at radius 1 is 0.731 bits per heavy atom. The van der Waals surface area contributed by atoms with Gasteiger partial charge in [-0.2, -0.15) is 0 Å². The minimum Gasteiger partial charge on any atom is -0.394 e. The van der Waals surface area contributed by atoms with E-state index >= 15 is 0 Å². The average Bonchev–Trinajstić information content (AvgIpc) is 2.61. The topological polar surface area (TPSA) is 233 Å². The van der Waals surface area contributed by atoms with Crippen LogP contribution >= 0.6 is 0 Å². The highest BCUT2D eigenvalue weighted by Crippen LogP contribution is 2.30. The Bertz CT molecular complexity index is 459. The molecule has 2 saturated heterocycles. The summed E-state index contributed by atoms with van der Waals surface area (Å²) in [6.07, 6.45) is -16.5. The van der Waals surface area contributed by atoms with Crippen molar-refractivity contribution in [2.75, 3.05) is 13.2 Å². The maximum Gasteiger partial charge on any atom is 0.192 e. The van der Waals surface area contributed by atoms with Crippen LogP contribution in [0.5, 0.6) is 0 Å². The number of hydrogen-bond donors (Lipinski definition) is 10. The van der Waals surface area contributed by atoms with E-state index in [4.69, 9.17) is 20.6 Å². The van der Waals surface area contributed by atoms with E-state index in [9.17, 15) is 40.9 Å². The van der Waals surface area contributed by atoms with Crippen molar-refractivity contribution in [1.82, 2.24) is 4.90 Å². The van der Waals surface area contributed by atoms with Crippen LogP contribution in [0.25, 0.3) is 0 Å². The van der Waals surface area contributed by atoms with E-state index in [-0.39, 0.29) is 0 Å². The van der Waals surface area contributed by atoms with Gasteiger partial charge in [0, 0.05) is 0 Å². The fourth-order valence-corrected chi connectivity index (χ4v) is 3.04. The Hall–Kier alpha value is -1.13. The molecule has 11 N–H and O–H groups in total. The normalized spacial score (nSPS) is 46.8. The van der Waals surface area contributed by atoms with Gasteiger partial charge in [-0.3, -0.25) is 10.3 Å². The first-order valence-corrected chi connectivity index (χ1v) is 7.89. The van der Waals surface area contributed by atoms with Crippen LogP contribution in [0.4, 0.5) is 0 Å². The minimum absolute atomic E-state index is 0.671. The molecule has 0 saturated carbocycles. The van der Waals surface area contributed by atoms with Crippen LogP contribution in [0.3, 0.4) is 0 Å².